The highest BCUT2D eigenvalue weighted by atomic mass is 35.5. The zero-order valence-corrected chi connectivity index (χ0v) is 7.33. The molecule has 0 aliphatic rings. The lowest BCUT2D eigenvalue weighted by Gasteiger charge is -1.84. The lowest BCUT2D eigenvalue weighted by Crippen LogP contribution is -2.05. The normalized spacial score (nSPS) is 12.8. The number of carbonyl (C=O) groups excluding carboxylic acids is 1. The lowest BCUT2D eigenvalue weighted by atomic mass is 10.5. The summed E-state index contributed by atoms with van der Waals surface area (Å²) in [5.41, 5.74) is -1.12. The molecule has 0 saturated carbocycles. The SMILES string of the molecule is C=CC(C(=O)Cl)[P+](=O)O.Cl. The minimum atomic E-state index is -2.55. The molecule has 2 unspecified atom stereocenters. The molecule has 0 spiro atoms. The summed E-state index contributed by atoms with van der Waals surface area (Å²) in [6.07, 6.45) is 1.05. The maximum atomic E-state index is 10.2. The van der Waals surface area contributed by atoms with Gasteiger partial charge in [-0.05, 0) is 22.2 Å². The van der Waals surface area contributed by atoms with Gasteiger partial charge in [-0.2, -0.15) is 4.89 Å². The molecule has 0 aliphatic heterocycles. The predicted octanol–water partition coefficient (Wildman–Crippen LogP) is 1.46. The van der Waals surface area contributed by atoms with Crippen LogP contribution in [-0.2, 0) is 9.36 Å². The largest absolute Gasteiger partial charge is 0.522 e. The van der Waals surface area contributed by atoms with Crippen molar-refractivity contribution in [3.63, 3.8) is 0 Å². The number of allylic oxidation sites excluding steroid dienone is 1. The van der Waals surface area contributed by atoms with E-state index in [1.54, 1.807) is 0 Å². The van der Waals surface area contributed by atoms with Crippen molar-refractivity contribution in [3.8, 4) is 0 Å². The van der Waals surface area contributed by atoms with E-state index in [9.17, 15) is 9.36 Å². The molecule has 0 amide bonds. The second-order valence-corrected chi connectivity index (χ2v) is 2.82. The Morgan fingerprint density at radius 2 is 2.20 bits per heavy atom. The van der Waals surface area contributed by atoms with Gasteiger partial charge >= 0.3 is 8.03 Å². The smallest absolute Gasteiger partial charge is 0.276 e. The zero-order valence-electron chi connectivity index (χ0n) is 4.86. The van der Waals surface area contributed by atoms with Gasteiger partial charge in [0.25, 0.3) is 10.9 Å². The van der Waals surface area contributed by atoms with Crippen molar-refractivity contribution in [3.05, 3.63) is 12.7 Å². The second-order valence-electron chi connectivity index (χ2n) is 1.29. The Morgan fingerprint density at radius 3 is 2.20 bits per heavy atom. The van der Waals surface area contributed by atoms with Gasteiger partial charge < -0.3 is 0 Å². The molecule has 0 aliphatic carbocycles. The molecule has 0 bridgehead atoms. The molecule has 6 heteroatoms. The minimum absolute atomic E-state index is 0. The maximum Gasteiger partial charge on any atom is 0.522 e. The Kier molecular flexibility index (Phi) is 7.38. The molecule has 0 fully saturated rings. The van der Waals surface area contributed by atoms with E-state index in [2.05, 4.69) is 6.58 Å². The Labute approximate surface area is 70.3 Å². The van der Waals surface area contributed by atoms with Gasteiger partial charge in [0.2, 0.25) is 0 Å². The molecule has 0 aromatic rings. The number of hydrogen-bond acceptors (Lipinski definition) is 2. The van der Waals surface area contributed by atoms with Gasteiger partial charge in [-0.15, -0.1) is 12.4 Å². The monoisotopic (exact) mass is 203 g/mol. The zero-order chi connectivity index (χ0) is 7.44. The average Bonchev–Trinajstić information content (AvgIpc) is 1.64. The van der Waals surface area contributed by atoms with Gasteiger partial charge in [0.05, 0.1) is 0 Å². The standard InChI is InChI=1S/C4H4ClO3P.ClH/c1-2-3(4(5)6)9(7)8;/h2-3H,1H2;1H/p+1. The molecule has 0 aromatic heterocycles. The fraction of sp³-hybridized carbons (Fsp3) is 0.250. The van der Waals surface area contributed by atoms with Crippen LogP contribution in [0.3, 0.4) is 0 Å². The number of halogens is 2. The van der Waals surface area contributed by atoms with Crippen LogP contribution >= 0.6 is 32.0 Å². The van der Waals surface area contributed by atoms with Gasteiger partial charge in [0, 0.05) is 0 Å². The van der Waals surface area contributed by atoms with Crippen molar-refractivity contribution >= 4 is 37.3 Å². The molecule has 0 saturated heterocycles. The highest BCUT2D eigenvalue weighted by Gasteiger charge is 2.31. The van der Waals surface area contributed by atoms with E-state index >= 15 is 0 Å². The van der Waals surface area contributed by atoms with Crippen molar-refractivity contribution in [2.45, 2.75) is 5.66 Å². The van der Waals surface area contributed by atoms with Crippen LogP contribution in [0.15, 0.2) is 12.7 Å². The van der Waals surface area contributed by atoms with E-state index in [1.165, 1.54) is 0 Å². The van der Waals surface area contributed by atoms with Crippen LogP contribution in [0.25, 0.3) is 0 Å². The predicted molar refractivity (Wildman–Crippen MR) is 41.9 cm³/mol. The summed E-state index contributed by atoms with van der Waals surface area (Å²) in [5, 5.41) is -0.853. The van der Waals surface area contributed by atoms with Crippen molar-refractivity contribution in [2.24, 2.45) is 0 Å². The fourth-order valence-electron chi connectivity index (χ4n) is 0.270. The first kappa shape index (κ1) is 12.7. The van der Waals surface area contributed by atoms with Gasteiger partial charge in [-0.3, -0.25) is 4.79 Å². The van der Waals surface area contributed by atoms with Gasteiger partial charge in [-0.1, -0.05) is 6.58 Å². The van der Waals surface area contributed by atoms with Crippen molar-refractivity contribution in [2.75, 3.05) is 0 Å². The second kappa shape index (κ2) is 5.81. The molecule has 3 nitrogen and oxygen atoms in total. The fourth-order valence-corrected chi connectivity index (χ4v) is 0.963. The Hall–Kier alpha value is 0.0500. The van der Waals surface area contributed by atoms with Crippen LogP contribution in [0.2, 0.25) is 0 Å². The van der Waals surface area contributed by atoms with Crippen LogP contribution in [0.4, 0.5) is 0 Å². The summed E-state index contributed by atoms with van der Waals surface area (Å²) in [5.74, 6) is 0. The highest BCUT2D eigenvalue weighted by molar-refractivity contribution is 7.41. The summed E-state index contributed by atoms with van der Waals surface area (Å²) in [4.78, 5) is 18.5. The Bertz CT molecular complexity index is 145. The van der Waals surface area contributed by atoms with Gasteiger partial charge in [0.15, 0.2) is 0 Å². The molecule has 1 N–H and O–H groups in total. The topological polar surface area (TPSA) is 54.4 Å². The Balaban J connectivity index is 0. The number of rotatable bonds is 3. The molecule has 0 rings (SSSR count). The van der Waals surface area contributed by atoms with Crippen LogP contribution in [0.5, 0.6) is 0 Å². The molecular weight excluding hydrogens is 198 g/mol. The molecule has 0 heterocycles. The molecule has 58 valence electrons. The quantitative estimate of drug-likeness (QED) is 0.430. The van der Waals surface area contributed by atoms with Crippen molar-refractivity contribution in [1.29, 1.82) is 0 Å². The molecule has 2 atom stereocenters. The highest BCUT2D eigenvalue weighted by Crippen LogP contribution is 2.24. The summed E-state index contributed by atoms with van der Waals surface area (Å²) in [6.45, 7) is 3.15. The maximum absolute atomic E-state index is 10.2. The van der Waals surface area contributed by atoms with E-state index < -0.39 is 18.9 Å². The van der Waals surface area contributed by atoms with Gasteiger partial charge in [0.1, 0.15) is 0 Å². The van der Waals surface area contributed by atoms with Crippen molar-refractivity contribution < 1.29 is 14.3 Å². The third-order valence-electron chi connectivity index (χ3n) is 0.694. The minimum Gasteiger partial charge on any atom is -0.276 e. The molecule has 0 aromatic carbocycles. The van der Waals surface area contributed by atoms with Gasteiger partial charge in [-0.25, -0.2) is 0 Å². The summed E-state index contributed by atoms with van der Waals surface area (Å²) < 4.78 is 10.1. The van der Waals surface area contributed by atoms with E-state index in [4.69, 9.17) is 16.5 Å². The molecular formula is C4H6Cl2O3P+. The molecule has 0 radical (unpaired) electrons. The Morgan fingerprint density at radius 1 is 1.80 bits per heavy atom. The van der Waals surface area contributed by atoms with Crippen LogP contribution < -0.4 is 0 Å². The first-order chi connectivity index (χ1) is 4.09. The average molecular weight is 204 g/mol. The number of hydrogen-bond donors (Lipinski definition) is 1. The van der Waals surface area contributed by atoms with Crippen molar-refractivity contribution in [1.82, 2.24) is 0 Å². The van der Waals surface area contributed by atoms with Crippen LogP contribution in [0.1, 0.15) is 0 Å². The summed E-state index contributed by atoms with van der Waals surface area (Å²) in [6, 6.07) is 0. The van der Waals surface area contributed by atoms with Crippen LogP contribution in [0, 0.1) is 0 Å². The van der Waals surface area contributed by atoms with E-state index in [1.807, 2.05) is 0 Å². The third-order valence-corrected chi connectivity index (χ3v) is 2.00. The van der Waals surface area contributed by atoms with Crippen LogP contribution in [-0.4, -0.2) is 15.8 Å². The first-order valence-electron chi connectivity index (χ1n) is 2.06. The lowest BCUT2D eigenvalue weighted by molar-refractivity contribution is -0.110. The number of carbonyl (C=O) groups is 1. The molecule has 10 heavy (non-hydrogen) atoms. The summed E-state index contributed by atoms with van der Waals surface area (Å²) >= 11 is 4.88. The first-order valence-corrected chi connectivity index (χ1v) is 3.72. The summed E-state index contributed by atoms with van der Waals surface area (Å²) in [7, 11) is -2.55. The van der Waals surface area contributed by atoms with E-state index in [0.29, 0.717) is 0 Å². The van der Waals surface area contributed by atoms with E-state index in [-0.39, 0.29) is 12.4 Å². The van der Waals surface area contributed by atoms with E-state index in [0.717, 1.165) is 6.08 Å². The third kappa shape index (κ3) is 3.96.